The lowest BCUT2D eigenvalue weighted by Gasteiger charge is -2.09. The van der Waals surface area contributed by atoms with Gasteiger partial charge < -0.3 is 15.8 Å². The summed E-state index contributed by atoms with van der Waals surface area (Å²) in [5.74, 6) is 0.232. The first-order valence-corrected chi connectivity index (χ1v) is 5.39. The molecule has 86 valence electrons. The molecule has 0 bridgehead atoms. The largest absolute Gasteiger partial charge is 0.496 e. The number of ether oxygens (including phenoxy) is 1. The Balaban J connectivity index is 2.86. The van der Waals surface area contributed by atoms with Gasteiger partial charge in [-0.2, -0.15) is 0 Å². The molecule has 1 rings (SSSR count). The first-order valence-electron chi connectivity index (χ1n) is 4.59. The van der Waals surface area contributed by atoms with Crippen molar-refractivity contribution in [2.75, 3.05) is 19.4 Å². The first kappa shape index (κ1) is 12.6. The number of rotatable bonds is 4. The minimum Gasteiger partial charge on any atom is -0.496 e. The molecular formula is C11H13BrN2O2. The molecule has 1 aromatic carbocycles. The van der Waals surface area contributed by atoms with Gasteiger partial charge in [-0.15, -0.1) is 0 Å². The lowest BCUT2D eigenvalue weighted by molar-refractivity contribution is 0.0955. The highest BCUT2D eigenvalue weighted by Gasteiger charge is 2.11. The van der Waals surface area contributed by atoms with Crippen molar-refractivity contribution in [2.45, 2.75) is 0 Å². The van der Waals surface area contributed by atoms with Crippen LogP contribution in [0.15, 0.2) is 29.3 Å². The van der Waals surface area contributed by atoms with Crippen molar-refractivity contribution in [3.63, 3.8) is 0 Å². The number of nitrogens with two attached hydrogens (primary N) is 1. The molecule has 0 aliphatic rings. The van der Waals surface area contributed by atoms with Gasteiger partial charge in [0, 0.05) is 22.8 Å². The van der Waals surface area contributed by atoms with Crippen molar-refractivity contribution in [1.29, 1.82) is 0 Å². The normalized spacial score (nSPS) is 9.62. The van der Waals surface area contributed by atoms with E-state index in [9.17, 15) is 4.79 Å². The van der Waals surface area contributed by atoms with Gasteiger partial charge in [-0.3, -0.25) is 4.79 Å². The highest BCUT2D eigenvalue weighted by molar-refractivity contribution is 9.11. The molecule has 0 radical (unpaired) electrons. The monoisotopic (exact) mass is 284 g/mol. The quantitative estimate of drug-likeness (QED) is 0.831. The summed E-state index contributed by atoms with van der Waals surface area (Å²) in [6.07, 6.45) is 0. The van der Waals surface area contributed by atoms with Crippen LogP contribution in [-0.4, -0.2) is 19.6 Å². The van der Waals surface area contributed by atoms with Crippen LogP contribution in [0.2, 0.25) is 0 Å². The summed E-state index contributed by atoms with van der Waals surface area (Å²) in [5.41, 5.74) is 6.60. The standard InChI is InChI=1S/C11H13BrN2O2/c1-7(12)6-14-11(15)9-4-3-8(13)5-10(9)16-2/h3-5H,1,6,13H2,2H3,(H,14,15). The molecule has 0 heterocycles. The van der Waals surface area contributed by atoms with Crippen LogP contribution in [0.3, 0.4) is 0 Å². The van der Waals surface area contributed by atoms with Crippen molar-refractivity contribution in [3.05, 3.63) is 34.8 Å². The highest BCUT2D eigenvalue weighted by Crippen LogP contribution is 2.21. The number of amides is 1. The predicted octanol–water partition coefficient (Wildman–Crippen LogP) is 1.92. The molecule has 3 N–H and O–H groups in total. The first-order chi connectivity index (χ1) is 7.54. The number of anilines is 1. The Bertz CT molecular complexity index is 418. The Labute approximate surface area is 103 Å². The zero-order chi connectivity index (χ0) is 12.1. The maximum atomic E-state index is 11.7. The molecule has 0 aromatic heterocycles. The number of carbonyl (C=O) groups excluding carboxylic acids is 1. The number of halogens is 1. The third kappa shape index (κ3) is 3.27. The Morgan fingerprint density at radius 1 is 1.62 bits per heavy atom. The average molecular weight is 285 g/mol. The molecule has 4 nitrogen and oxygen atoms in total. The van der Waals surface area contributed by atoms with E-state index in [1.165, 1.54) is 7.11 Å². The van der Waals surface area contributed by atoms with E-state index in [0.717, 1.165) is 0 Å². The SMILES string of the molecule is C=C(Br)CNC(=O)c1ccc(N)cc1OC. The maximum Gasteiger partial charge on any atom is 0.255 e. The molecule has 0 aliphatic carbocycles. The van der Waals surface area contributed by atoms with E-state index in [0.29, 0.717) is 28.0 Å². The van der Waals surface area contributed by atoms with Gasteiger partial charge in [0.15, 0.2) is 0 Å². The van der Waals surface area contributed by atoms with Gasteiger partial charge in [0.1, 0.15) is 5.75 Å². The summed E-state index contributed by atoms with van der Waals surface area (Å²) in [5, 5.41) is 2.69. The summed E-state index contributed by atoms with van der Waals surface area (Å²) < 4.78 is 5.78. The number of carbonyl (C=O) groups is 1. The lowest BCUT2D eigenvalue weighted by atomic mass is 10.1. The molecular weight excluding hydrogens is 272 g/mol. The van der Waals surface area contributed by atoms with Crippen LogP contribution in [0.1, 0.15) is 10.4 Å². The maximum absolute atomic E-state index is 11.7. The average Bonchev–Trinajstić information content (AvgIpc) is 2.25. The number of nitrogen functional groups attached to an aromatic ring is 1. The molecule has 0 spiro atoms. The summed E-state index contributed by atoms with van der Waals surface area (Å²) >= 11 is 3.16. The van der Waals surface area contributed by atoms with E-state index in [1.807, 2.05) is 0 Å². The minimum atomic E-state index is -0.225. The molecule has 0 aliphatic heterocycles. The van der Waals surface area contributed by atoms with Gasteiger partial charge in [0.2, 0.25) is 0 Å². The van der Waals surface area contributed by atoms with Gasteiger partial charge in [-0.05, 0) is 12.1 Å². The predicted molar refractivity (Wildman–Crippen MR) is 67.8 cm³/mol. The summed E-state index contributed by atoms with van der Waals surface area (Å²) in [6, 6.07) is 4.89. The zero-order valence-electron chi connectivity index (χ0n) is 8.92. The minimum absolute atomic E-state index is 0.225. The molecule has 1 aromatic rings. The molecule has 0 unspecified atom stereocenters. The fourth-order valence-electron chi connectivity index (χ4n) is 1.17. The van der Waals surface area contributed by atoms with Crippen molar-refractivity contribution in [2.24, 2.45) is 0 Å². The Kier molecular flexibility index (Phi) is 4.37. The van der Waals surface area contributed by atoms with Crippen LogP contribution >= 0.6 is 15.9 Å². The second-order valence-electron chi connectivity index (χ2n) is 3.16. The second kappa shape index (κ2) is 5.55. The molecule has 0 saturated carbocycles. The fourth-order valence-corrected chi connectivity index (χ4v) is 1.31. The number of benzene rings is 1. The van der Waals surface area contributed by atoms with Gasteiger partial charge in [0.25, 0.3) is 5.91 Å². The molecule has 0 saturated heterocycles. The number of hydrogen-bond donors (Lipinski definition) is 2. The van der Waals surface area contributed by atoms with Crippen molar-refractivity contribution in [1.82, 2.24) is 5.32 Å². The van der Waals surface area contributed by atoms with E-state index >= 15 is 0 Å². The van der Waals surface area contributed by atoms with Gasteiger partial charge in [-0.1, -0.05) is 22.5 Å². The molecule has 0 fully saturated rings. The van der Waals surface area contributed by atoms with E-state index in [2.05, 4.69) is 27.8 Å². The fraction of sp³-hybridized carbons (Fsp3) is 0.182. The lowest BCUT2D eigenvalue weighted by Crippen LogP contribution is -2.24. The molecule has 5 heteroatoms. The van der Waals surface area contributed by atoms with Crippen LogP contribution < -0.4 is 15.8 Å². The van der Waals surface area contributed by atoms with E-state index < -0.39 is 0 Å². The summed E-state index contributed by atoms with van der Waals surface area (Å²) in [4.78, 5) is 11.7. The third-order valence-corrected chi connectivity index (χ3v) is 2.19. The Morgan fingerprint density at radius 2 is 2.31 bits per heavy atom. The molecule has 1 amide bonds. The van der Waals surface area contributed by atoms with Crippen molar-refractivity contribution >= 4 is 27.5 Å². The second-order valence-corrected chi connectivity index (χ2v) is 4.28. The Morgan fingerprint density at radius 3 is 2.88 bits per heavy atom. The van der Waals surface area contributed by atoms with Crippen LogP contribution in [0, 0.1) is 0 Å². The van der Waals surface area contributed by atoms with E-state index in [1.54, 1.807) is 18.2 Å². The topological polar surface area (TPSA) is 64.4 Å². The number of nitrogens with one attached hydrogen (secondary N) is 1. The highest BCUT2D eigenvalue weighted by atomic mass is 79.9. The summed E-state index contributed by atoms with van der Waals surface area (Å²) in [7, 11) is 1.50. The van der Waals surface area contributed by atoms with Gasteiger partial charge in [0.05, 0.1) is 12.7 Å². The van der Waals surface area contributed by atoms with Crippen LogP contribution in [0.25, 0.3) is 0 Å². The number of methoxy groups -OCH3 is 1. The Hall–Kier alpha value is -1.49. The van der Waals surface area contributed by atoms with E-state index in [-0.39, 0.29) is 5.91 Å². The van der Waals surface area contributed by atoms with Crippen LogP contribution in [0.5, 0.6) is 5.75 Å². The smallest absolute Gasteiger partial charge is 0.255 e. The molecule has 16 heavy (non-hydrogen) atoms. The molecule has 0 atom stereocenters. The van der Waals surface area contributed by atoms with Crippen LogP contribution in [0.4, 0.5) is 5.69 Å². The number of hydrogen-bond acceptors (Lipinski definition) is 3. The summed E-state index contributed by atoms with van der Waals surface area (Å²) in [6.45, 7) is 4.00. The van der Waals surface area contributed by atoms with Crippen molar-refractivity contribution < 1.29 is 9.53 Å². The van der Waals surface area contributed by atoms with E-state index in [4.69, 9.17) is 10.5 Å². The zero-order valence-corrected chi connectivity index (χ0v) is 10.5. The van der Waals surface area contributed by atoms with Crippen LogP contribution in [-0.2, 0) is 0 Å². The third-order valence-electron chi connectivity index (χ3n) is 1.91. The van der Waals surface area contributed by atoms with Crippen molar-refractivity contribution in [3.8, 4) is 5.75 Å². The van der Waals surface area contributed by atoms with Gasteiger partial charge in [-0.25, -0.2) is 0 Å². The van der Waals surface area contributed by atoms with Gasteiger partial charge >= 0.3 is 0 Å².